The molecule has 0 aliphatic carbocycles. The zero-order chi connectivity index (χ0) is 12.9. The molecule has 1 aromatic rings. The molecule has 94 valence electrons. The van der Waals surface area contributed by atoms with Gasteiger partial charge in [-0.15, -0.1) is 0 Å². The van der Waals surface area contributed by atoms with Crippen molar-refractivity contribution in [2.24, 2.45) is 0 Å². The standard InChI is InChI=1S/C13H19NO3/c1-10-6-4-5-7-11(10)17-8-12(15)14-9-13(2,3)16/h4-7,16H,8-9H2,1-3H3,(H,14,15). The number of aliphatic hydroxyl groups is 1. The van der Waals surface area contributed by atoms with Gasteiger partial charge in [0.15, 0.2) is 6.61 Å². The van der Waals surface area contributed by atoms with E-state index >= 15 is 0 Å². The molecule has 0 atom stereocenters. The second-order valence-corrected chi connectivity index (χ2v) is 4.64. The summed E-state index contributed by atoms with van der Waals surface area (Å²) in [6.07, 6.45) is 0. The van der Waals surface area contributed by atoms with E-state index in [4.69, 9.17) is 4.74 Å². The maximum Gasteiger partial charge on any atom is 0.258 e. The number of carbonyl (C=O) groups is 1. The molecule has 0 saturated carbocycles. The van der Waals surface area contributed by atoms with Gasteiger partial charge in [-0.05, 0) is 32.4 Å². The number of nitrogens with one attached hydrogen (secondary N) is 1. The number of carbonyl (C=O) groups excluding carboxylic acids is 1. The number of ether oxygens (including phenoxy) is 1. The van der Waals surface area contributed by atoms with E-state index in [2.05, 4.69) is 5.32 Å². The van der Waals surface area contributed by atoms with Crippen LogP contribution in [0.3, 0.4) is 0 Å². The van der Waals surface area contributed by atoms with Gasteiger partial charge in [-0.25, -0.2) is 0 Å². The van der Waals surface area contributed by atoms with Crippen molar-refractivity contribution in [3.63, 3.8) is 0 Å². The summed E-state index contributed by atoms with van der Waals surface area (Å²) in [6.45, 7) is 5.36. The van der Waals surface area contributed by atoms with E-state index in [1.807, 2.05) is 31.2 Å². The Morgan fingerprint density at radius 1 is 1.41 bits per heavy atom. The number of aryl methyl sites for hydroxylation is 1. The fraction of sp³-hybridized carbons (Fsp3) is 0.462. The first kappa shape index (κ1) is 13.5. The monoisotopic (exact) mass is 237 g/mol. The molecule has 0 radical (unpaired) electrons. The predicted molar refractivity (Wildman–Crippen MR) is 66.0 cm³/mol. The first-order chi connectivity index (χ1) is 7.88. The lowest BCUT2D eigenvalue weighted by atomic mass is 10.1. The van der Waals surface area contributed by atoms with Crippen LogP contribution in [-0.2, 0) is 4.79 Å². The van der Waals surface area contributed by atoms with Crippen molar-refractivity contribution in [2.45, 2.75) is 26.4 Å². The maximum absolute atomic E-state index is 11.4. The van der Waals surface area contributed by atoms with E-state index in [1.165, 1.54) is 0 Å². The van der Waals surface area contributed by atoms with Crippen molar-refractivity contribution in [1.29, 1.82) is 0 Å². The third-order valence-electron chi connectivity index (χ3n) is 2.17. The van der Waals surface area contributed by atoms with Gasteiger partial charge in [0.1, 0.15) is 5.75 Å². The summed E-state index contributed by atoms with van der Waals surface area (Å²) in [5.74, 6) is 0.460. The zero-order valence-electron chi connectivity index (χ0n) is 10.5. The van der Waals surface area contributed by atoms with Crippen LogP contribution in [0.15, 0.2) is 24.3 Å². The molecule has 0 bridgehead atoms. The first-order valence-electron chi connectivity index (χ1n) is 5.56. The number of amides is 1. The van der Waals surface area contributed by atoms with Gasteiger partial charge in [0, 0.05) is 6.54 Å². The van der Waals surface area contributed by atoms with Crippen molar-refractivity contribution >= 4 is 5.91 Å². The van der Waals surface area contributed by atoms with Crippen LogP contribution in [-0.4, -0.2) is 29.8 Å². The van der Waals surface area contributed by atoms with Crippen LogP contribution in [0.25, 0.3) is 0 Å². The third kappa shape index (κ3) is 5.36. The molecule has 1 amide bonds. The summed E-state index contributed by atoms with van der Waals surface area (Å²) in [4.78, 5) is 11.4. The van der Waals surface area contributed by atoms with Crippen molar-refractivity contribution in [1.82, 2.24) is 5.32 Å². The lowest BCUT2D eigenvalue weighted by molar-refractivity contribution is -0.124. The average Bonchev–Trinajstić information content (AvgIpc) is 2.24. The Labute approximate surface area is 102 Å². The molecular formula is C13H19NO3. The quantitative estimate of drug-likeness (QED) is 0.810. The van der Waals surface area contributed by atoms with E-state index in [0.29, 0.717) is 5.75 Å². The molecule has 0 heterocycles. The fourth-order valence-corrected chi connectivity index (χ4v) is 1.23. The number of benzene rings is 1. The molecule has 0 saturated heterocycles. The average molecular weight is 237 g/mol. The molecule has 2 N–H and O–H groups in total. The largest absolute Gasteiger partial charge is 0.484 e. The zero-order valence-corrected chi connectivity index (χ0v) is 10.5. The molecule has 17 heavy (non-hydrogen) atoms. The third-order valence-corrected chi connectivity index (χ3v) is 2.17. The molecule has 0 aliphatic rings. The summed E-state index contributed by atoms with van der Waals surface area (Å²) < 4.78 is 5.37. The van der Waals surface area contributed by atoms with Gasteiger partial charge in [-0.1, -0.05) is 18.2 Å². The summed E-state index contributed by atoms with van der Waals surface area (Å²) in [6, 6.07) is 7.51. The Balaban J connectivity index is 2.36. The predicted octanol–water partition coefficient (Wildman–Crippen LogP) is 1.26. The van der Waals surface area contributed by atoms with Crippen LogP contribution >= 0.6 is 0 Å². The normalized spacial score (nSPS) is 11.1. The van der Waals surface area contributed by atoms with Gasteiger partial charge in [-0.3, -0.25) is 4.79 Å². The van der Waals surface area contributed by atoms with Crippen LogP contribution in [0, 0.1) is 6.92 Å². The Kier molecular flexibility index (Phi) is 4.52. The second kappa shape index (κ2) is 5.68. The van der Waals surface area contributed by atoms with Crippen molar-refractivity contribution in [2.75, 3.05) is 13.2 Å². The minimum Gasteiger partial charge on any atom is -0.484 e. The number of rotatable bonds is 5. The molecule has 1 rings (SSSR count). The Morgan fingerprint density at radius 2 is 2.06 bits per heavy atom. The Bertz CT molecular complexity index is 382. The Hall–Kier alpha value is -1.55. The minimum atomic E-state index is -0.904. The van der Waals surface area contributed by atoms with E-state index in [1.54, 1.807) is 13.8 Å². The van der Waals surface area contributed by atoms with E-state index < -0.39 is 5.60 Å². The molecule has 0 unspecified atom stereocenters. The second-order valence-electron chi connectivity index (χ2n) is 4.64. The molecule has 0 fully saturated rings. The van der Waals surface area contributed by atoms with Gasteiger partial charge < -0.3 is 15.2 Å². The van der Waals surface area contributed by atoms with Crippen molar-refractivity contribution < 1.29 is 14.6 Å². The van der Waals surface area contributed by atoms with Crippen LogP contribution in [0.1, 0.15) is 19.4 Å². The van der Waals surface area contributed by atoms with Crippen LogP contribution in [0.4, 0.5) is 0 Å². The lowest BCUT2D eigenvalue weighted by Gasteiger charge is -2.17. The highest BCUT2D eigenvalue weighted by Gasteiger charge is 2.14. The SMILES string of the molecule is Cc1ccccc1OCC(=O)NCC(C)(C)O. The molecule has 0 aliphatic heterocycles. The molecule has 0 aromatic heterocycles. The van der Waals surface area contributed by atoms with Crippen molar-refractivity contribution in [3.05, 3.63) is 29.8 Å². The van der Waals surface area contributed by atoms with E-state index in [0.717, 1.165) is 5.56 Å². The molecule has 0 spiro atoms. The molecule has 4 heteroatoms. The molecule has 4 nitrogen and oxygen atoms in total. The molecule has 1 aromatic carbocycles. The van der Waals surface area contributed by atoms with E-state index in [-0.39, 0.29) is 19.1 Å². The fourth-order valence-electron chi connectivity index (χ4n) is 1.23. The summed E-state index contributed by atoms with van der Waals surface area (Å²) in [5.41, 5.74) is 0.0843. The number of para-hydroxylation sites is 1. The van der Waals surface area contributed by atoms with Gasteiger partial charge in [0.2, 0.25) is 0 Å². The van der Waals surface area contributed by atoms with Crippen LogP contribution in [0.2, 0.25) is 0 Å². The number of hydrogen-bond donors (Lipinski definition) is 2. The van der Waals surface area contributed by atoms with Gasteiger partial charge >= 0.3 is 0 Å². The summed E-state index contributed by atoms with van der Waals surface area (Å²) >= 11 is 0. The lowest BCUT2D eigenvalue weighted by Crippen LogP contribution is -2.40. The highest BCUT2D eigenvalue weighted by molar-refractivity contribution is 5.77. The number of hydrogen-bond acceptors (Lipinski definition) is 3. The highest BCUT2D eigenvalue weighted by Crippen LogP contribution is 2.15. The first-order valence-corrected chi connectivity index (χ1v) is 5.56. The highest BCUT2D eigenvalue weighted by atomic mass is 16.5. The minimum absolute atomic E-state index is 0.0407. The summed E-state index contributed by atoms with van der Waals surface area (Å²) in [7, 11) is 0. The summed E-state index contributed by atoms with van der Waals surface area (Å²) in [5, 5.41) is 12.0. The van der Waals surface area contributed by atoms with Crippen LogP contribution < -0.4 is 10.1 Å². The smallest absolute Gasteiger partial charge is 0.258 e. The van der Waals surface area contributed by atoms with E-state index in [9.17, 15) is 9.90 Å². The molecular weight excluding hydrogens is 218 g/mol. The van der Waals surface area contributed by atoms with Crippen LogP contribution in [0.5, 0.6) is 5.75 Å². The van der Waals surface area contributed by atoms with Crippen molar-refractivity contribution in [3.8, 4) is 5.75 Å². The maximum atomic E-state index is 11.4. The van der Waals surface area contributed by atoms with Gasteiger partial charge in [-0.2, -0.15) is 0 Å². The van der Waals surface area contributed by atoms with Gasteiger partial charge in [0.05, 0.1) is 5.60 Å². The Morgan fingerprint density at radius 3 is 2.65 bits per heavy atom. The van der Waals surface area contributed by atoms with Gasteiger partial charge in [0.25, 0.3) is 5.91 Å². The topological polar surface area (TPSA) is 58.6 Å².